The lowest BCUT2D eigenvalue weighted by Crippen LogP contribution is -2.03. The van der Waals surface area contributed by atoms with Crippen LogP contribution in [0.4, 0.5) is 17.1 Å². The molecule has 0 aliphatic carbocycles. The van der Waals surface area contributed by atoms with Crippen LogP contribution in [0.15, 0.2) is 58.8 Å². The molecule has 7 nitrogen and oxygen atoms in total. The van der Waals surface area contributed by atoms with Gasteiger partial charge in [0.1, 0.15) is 0 Å². The van der Waals surface area contributed by atoms with E-state index in [2.05, 4.69) is 24.1 Å². The van der Waals surface area contributed by atoms with Gasteiger partial charge in [-0.3, -0.25) is 10.1 Å². The van der Waals surface area contributed by atoms with Crippen molar-refractivity contribution in [2.75, 3.05) is 0 Å². The molecular weight excluding hydrogens is 320 g/mol. The largest absolute Gasteiger partial charge is 0.493 e. The Morgan fingerprint density at radius 1 is 1.12 bits per heavy atom. The van der Waals surface area contributed by atoms with Crippen molar-refractivity contribution in [2.45, 2.75) is 20.4 Å². The molecule has 0 amide bonds. The van der Waals surface area contributed by atoms with Crippen molar-refractivity contribution >= 4 is 28.0 Å². The third-order valence-electron chi connectivity index (χ3n) is 3.80. The second kappa shape index (κ2) is 6.72. The average Bonchev–Trinajstić information content (AvgIpc) is 2.85. The first-order valence-corrected chi connectivity index (χ1v) is 7.94. The summed E-state index contributed by atoms with van der Waals surface area (Å²) in [6.45, 7) is 4.75. The Hall–Kier alpha value is -3.22. The lowest BCUT2D eigenvalue weighted by molar-refractivity contribution is -0.384. The Morgan fingerprint density at radius 2 is 1.80 bits per heavy atom. The Labute approximate surface area is 144 Å². The number of benzene rings is 2. The van der Waals surface area contributed by atoms with Crippen LogP contribution in [0.1, 0.15) is 13.8 Å². The van der Waals surface area contributed by atoms with Gasteiger partial charge in [0.15, 0.2) is 11.4 Å². The van der Waals surface area contributed by atoms with Crippen molar-refractivity contribution in [1.29, 1.82) is 0 Å². The van der Waals surface area contributed by atoms with Gasteiger partial charge in [-0.25, -0.2) is 0 Å². The molecule has 128 valence electrons. The molecule has 1 N–H and O–H groups in total. The van der Waals surface area contributed by atoms with Crippen molar-refractivity contribution in [1.82, 2.24) is 4.57 Å². The zero-order valence-corrected chi connectivity index (χ0v) is 14.0. The maximum Gasteiger partial charge on any atom is 0.296 e. The second-order valence-corrected chi connectivity index (χ2v) is 6.14. The van der Waals surface area contributed by atoms with Crippen LogP contribution in [0, 0.1) is 16.0 Å². The van der Waals surface area contributed by atoms with Gasteiger partial charge < -0.3 is 9.67 Å². The first-order valence-electron chi connectivity index (χ1n) is 7.94. The van der Waals surface area contributed by atoms with Crippen LogP contribution in [0.5, 0.6) is 5.88 Å². The maximum atomic E-state index is 11.1. The molecular formula is C18H18N4O3. The zero-order valence-electron chi connectivity index (χ0n) is 14.0. The SMILES string of the molecule is CC(C)Cn1c(O)c(N=Nc2ccccc2[N+](=O)[O-])c2ccccc21. The number of rotatable bonds is 5. The normalized spacial score (nSPS) is 11.6. The van der Waals surface area contributed by atoms with Crippen molar-refractivity contribution in [3.63, 3.8) is 0 Å². The minimum atomic E-state index is -0.504. The number of hydrogen-bond donors (Lipinski definition) is 1. The molecule has 0 aliphatic heterocycles. The van der Waals surface area contributed by atoms with E-state index < -0.39 is 4.92 Å². The van der Waals surface area contributed by atoms with Gasteiger partial charge in [-0.1, -0.05) is 44.2 Å². The number of fused-ring (bicyclic) bond motifs is 1. The summed E-state index contributed by atoms with van der Waals surface area (Å²) in [5.41, 5.74) is 1.18. The number of azo groups is 1. The van der Waals surface area contributed by atoms with Crippen molar-refractivity contribution in [2.24, 2.45) is 16.1 Å². The van der Waals surface area contributed by atoms with E-state index in [1.807, 2.05) is 24.3 Å². The second-order valence-electron chi connectivity index (χ2n) is 6.14. The minimum absolute atomic E-state index is 0.0113. The van der Waals surface area contributed by atoms with Gasteiger partial charge in [0.25, 0.3) is 5.69 Å². The predicted octanol–water partition coefficient (Wildman–Crippen LogP) is 5.33. The van der Waals surface area contributed by atoms with Gasteiger partial charge in [-0.2, -0.15) is 0 Å². The lowest BCUT2D eigenvalue weighted by atomic mass is 10.2. The standard InChI is InChI=1S/C18H18N4O3/c1-12(2)11-21-15-9-5-3-7-13(15)17(18(21)23)20-19-14-8-4-6-10-16(14)22(24)25/h3-10,12,23H,11H2,1-2H3. The van der Waals surface area contributed by atoms with Gasteiger partial charge >= 0.3 is 0 Å². The van der Waals surface area contributed by atoms with Crippen LogP contribution >= 0.6 is 0 Å². The minimum Gasteiger partial charge on any atom is -0.493 e. The molecule has 0 aliphatic rings. The number of aromatic hydroxyl groups is 1. The number of nitrogens with zero attached hydrogens (tertiary/aromatic N) is 4. The quantitative estimate of drug-likeness (QED) is 0.387. The molecule has 0 saturated carbocycles. The fraction of sp³-hybridized carbons (Fsp3) is 0.222. The van der Waals surface area contributed by atoms with E-state index in [-0.39, 0.29) is 17.3 Å². The van der Waals surface area contributed by atoms with E-state index in [1.54, 1.807) is 16.7 Å². The Balaban J connectivity index is 2.11. The topological polar surface area (TPSA) is 93.0 Å². The summed E-state index contributed by atoms with van der Waals surface area (Å²) in [6, 6.07) is 13.6. The van der Waals surface area contributed by atoms with Gasteiger partial charge in [0.2, 0.25) is 5.88 Å². The van der Waals surface area contributed by atoms with E-state index in [4.69, 9.17) is 0 Å². The van der Waals surface area contributed by atoms with Gasteiger partial charge in [-0.05, 0) is 18.1 Å². The molecule has 0 fully saturated rings. The summed E-state index contributed by atoms with van der Waals surface area (Å²) in [5, 5.41) is 30.6. The molecule has 2 aromatic carbocycles. The highest BCUT2D eigenvalue weighted by molar-refractivity contribution is 5.95. The number of hydrogen-bond acceptors (Lipinski definition) is 5. The molecule has 0 bridgehead atoms. The van der Waals surface area contributed by atoms with Crippen LogP contribution in [0.3, 0.4) is 0 Å². The maximum absolute atomic E-state index is 11.1. The molecule has 1 heterocycles. The van der Waals surface area contributed by atoms with E-state index in [0.29, 0.717) is 18.2 Å². The Kier molecular flexibility index (Phi) is 4.47. The lowest BCUT2D eigenvalue weighted by Gasteiger charge is -2.09. The molecule has 0 spiro atoms. The third kappa shape index (κ3) is 3.21. The average molecular weight is 338 g/mol. The number of para-hydroxylation sites is 2. The molecule has 0 radical (unpaired) electrons. The summed E-state index contributed by atoms with van der Waals surface area (Å²) in [4.78, 5) is 10.6. The summed E-state index contributed by atoms with van der Waals surface area (Å²) >= 11 is 0. The number of aromatic nitrogens is 1. The molecule has 0 atom stereocenters. The molecule has 3 rings (SSSR count). The highest BCUT2D eigenvalue weighted by Crippen LogP contribution is 2.40. The van der Waals surface area contributed by atoms with Crippen molar-refractivity contribution in [3.8, 4) is 5.88 Å². The zero-order chi connectivity index (χ0) is 18.0. The fourth-order valence-electron chi connectivity index (χ4n) is 2.73. The third-order valence-corrected chi connectivity index (χ3v) is 3.80. The summed E-state index contributed by atoms with van der Waals surface area (Å²) in [6.07, 6.45) is 0. The Bertz CT molecular complexity index is 960. The fourth-order valence-corrected chi connectivity index (χ4v) is 2.73. The molecule has 0 unspecified atom stereocenters. The van der Waals surface area contributed by atoms with Crippen LogP contribution in [0.2, 0.25) is 0 Å². The highest BCUT2D eigenvalue weighted by Gasteiger charge is 2.18. The summed E-state index contributed by atoms with van der Waals surface area (Å²) in [7, 11) is 0. The molecule has 1 aromatic heterocycles. The van der Waals surface area contributed by atoms with Crippen LogP contribution in [-0.2, 0) is 6.54 Å². The van der Waals surface area contributed by atoms with Crippen LogP contribution < -0.4 is 0 Å². The van der Waals surface area contributed by atoms with Crippen LogP contribution in [-0.4, -0.2) is 14.6 Å². The van der Waals surface area contributed by atoms with E-state index in [9.17, 15) is 15.2 Å². The van der Waals surface area contributed by atoms with Gasteiger partial charge in [-0.15, -0.1) is 10.2 Å². The monoisotopic (exact) mass is 338 g/mol. The molecule has 7 heteroatoms. The molecule has 0 saturated heterocycles. The van der Waals surface area contributed by atoms with Gasteiger partial charge in [0, 0.05) is 18.0 Å². The van der Waals surface area contributed by atoms with E-state index >= 15 is 0 Å². The highest BCUT2D eigenvalue weighted by atomic mass is 16.6. The summed E-state index contributed by atoms with van der Waals surface area (Å²) in [5.74, 6) is 0.346. The Morgan fingerprint density at radius 3 is 2.52 bits per heavy atom. The van der Waals surface area contributed by atoms with E-state index in [0.717, 1.165) is 10.9 Å². The smallest absolute Gasteiger partial charge is 0.296 e. The van der Waals surface area contributed by atoms with Crippen molar-refractivity contribution < 1.29 is 10.0 Å². The van der Waals surface area contributed by atoms with Gasteiger partial charge in [0.05, 0.1) is 10.4 Å². The summed E-state index contributed by atoms with van der Waals surface area (Å²) < 4.78 is 1.79. The molecule has 3 aromatic rings. The molecule has 25 heavy (non-hydrogen) atoms. The van der Waals surface area contributed by atoms with Crippen LogP contribution in [0.25, 0.3) is 10.9 Å². The first-order chi connectivity index (χ1) is 12.0. The number of nitro benzene ring substituents is 1. The van der Waals surface area contributed by atoms with E-state index in [1.165, 1.54) is 12.1 Å². The predicted molar refractivity (Wildman–Crippen MR) is 95.7 cm³/mol. The first kappa shape index (κ1) is 16.6. The number of nitro groups is 1. The van der Waals surface area contributed by atoms with Crippen molar-refractivity contribution in [3.05, 3.63) is 58.6 Å².